The molecule has 4 nitrogen and oxygen atoms in total. The number of aliphatic hydroxyl groups excluding tert-OH is 2. The number of unbranched alkanes of at least 4 members (excludes halogenated alkanes) is 2. The lowest BCUT2D eigenvalue weighted by Gasteiger charge is -2.24. The average molecular weight is 357 g/mol. The maximum atomic E-state index is 10.7. The van der Waals surface area contributed by atoms with E-state index >= 15 is 0 Å². The van der Waals surface area contributed by atoms with Crippen LogP contribution in [-0.2, 0) is 4.79 Å². The summed E-state index contributed by atoms with van der Waals surface area (Å²) in [6, 6.07) is 0. The Kier molecular flexibility index (Phi) is 10.0. The molecule has 0 amide bonds. The SMILES string of the molecule is CC(C)(CCCO)CCCCC(O)CCCCC1(CCC(=O)O)CC1. The fourth-order valence-corrected chi connectivity index (χ4v) is 3.86. The first-order chi connectivity index (χ1) is 11.8. The van der Waals surface area contributed by atoms with Crippen LogP contribution in [0.15, 0.2) is 0 Å². The largest absolute Gasteiger partial charge is 0.481 e. The summed E-state index contributed by atoms with van der Waals surface area (Å²) in [6.45, 7) is 4.80. The maximum absolute atomic E-state index is 10.7. The molecule has 1 atom stereocenters. The van der Waals surface area contributed by atoms with Crippen LogP contribution in [0, 0.1) is 10.8 Å². The van der Waals surface area contributed by atoms with Crippen LogP contribution in [0.1, 0.15) is 104 Å². The second kappa shape index (κ2) is 11.2. The molecule has 0 bridgehead atoms. The van der Waals surface area contributed by atoms with Gasteiger partial charge < -0.3 is 15.3 Å². The van der Waals surface area contributed by atoms with Crippen molar-refractivity contribution in [1.29, 1.82) is 0 Å². The monoisotopic (exact) mass is 356 g/mol. The minimum atomic E-state index is -0.679. The van der Waals surface area contributed by atoms with Gasteiger partial charge in [0.1, 0.15) is 0 Å². The fourth-order valence-electron chi connectivity index (χ4n) is 3.86. The van der Waals surface area contributed by atoms with Crippen LogP contribution in [0.3, 0.4) is 0 Å². The van der Waals surface area contributed by atoms with Crippen LogP contribution in [0.4, 0.5) is 0 Å². The van der Waals surface area contributed by atoms with E-state index in [0.717, 1.165) is 70.6 Å². The quantitative estimate of drug-likeness (QED) is 0.343. The number of aliphatic carboxylic acids is 1. The van der Waals surface area contributed by atoms with Crippen molar-refractivity contribution >= 4 is 5.97 Å². The van der Waals surface area contributed by atoms with Gasteiger partial charge in [-0.1, -0.05) is 39.5 Å². The molecule has 3 N–H and O–H groups in total. The summed E-state index contributed by atoms with van der Waals surface area (Å²) in [5.41, 5.74) is 0.617. The van der Waals surface area contributed by atoms with Crippen molar-refractivity contribution in [3.63, 3.8) is 0 Å². The molecule has 148 valence electrons. The van der Waals surface area contributed by atoms with E-state index in [0.29, 0.717) is 17.3 Å². The molecule has 1 aliphatic rings. The van der Waals surface area contributed by atoms with Crippen molar-refractivity contribution < 1.29 is 20.1 Å². The molecular formula is C21H40O4. The van der Waals surface area contributed by atoms with E-state index in [9.17, 15) is 9.90 Å². The molecular weight excluding hydrogens is 316 g/mol. The molecule has 0 spiro atoms. The molecule has 4 heteroatoms. The van der Waals surface area contributed by atoms with E-state index in [1.54, 1.807) is 0 Å². The Balaban J connectivity index is 2.00. The van der Waals surface area contributed by atoms with Crippen molar-refractivity contribution in [2.75, 3.05) is 6.61 Å². The Morgan fingerprint density at radius 1 is 1.00 bits per heavy atom. The standard InChI is InChI=1S/C21H40O4/c1-20(2,12-7-17-22)11-5-3-8-18(23)9-4-6-13-21(15-16-21)14-10-19(24)25/h18,22-23H,3-17H2,1-2H3,(H,24,25). The summed E-state index contributed by atoms with van der Waals surface area (Å²) < 4.78 is 0. The summed E-state index contributed by atoms with van der Waals surface area (Å²) in [6.07, 6.45) is 13.7. The molecule has 0 radical (unpaired) electrons. The highest BCUT2D eigenvalue weighted by molar-refractivity contribution is 5.66. The van der Waals surface area contributed by atoms with Gasteiger partial charge in [-0.2, -0.15) is 0 Å². The highest BCUT2D eigenvalue weighted by atomic mass is 16.4. The second-order valence-corrected chi connectivity index (χ2v) is 9.03. The molecule has 25 heavy (non-hydrogen) atoms. The van der Waals surface area contributed by atoms with Crippen LogP contribution in [0.25, 0.3) is 0 Å². The summed E-state index contributed by atoms with van der Waals surface area (Å²) in [4.78, 5) is 10.7. The normalized spacial score (nSPS) is 17.4. The van der Waals surface area contributed by atoms with Gasteiger partial charge in [-0.3, -0.25) is 4.79 Å². The molecule has 1 unspecified atom stereocenters. The zero-order valence-corrected chi connectivity index (χ0v) is 16.4. The highest BCUT2D eigenvalue weighted by Crippen LogP contribution is 2.53. The van der Waals surface area contributed by atoms with Gasteiger partial charge in [-0.25, -0.2) is 0 Å². The van der Waals surface area contributed by atoms with E-state index in [-0.39, 0.29) is 12.7 Å². The fraction of sp³-hybridized carbons (Fsp3) is 0.952. The van der Waals surface area contributed by atoms with E-state index < -0.39 is 5.97 Å². The molecule has 1 aliphatic carbocycles. The van der Waals surface area contributed by atoms with Gasteiger partial charge in [0, 0.05) is 13.0 Å². The number of carbonyl (C=O) groups is 1. The van der Waals surface area contributed by atoms with Crippen molar-refractivity contribution in [3.8, 4) is 0 Å². The number of carboxylic acids is 1. The lowest BCUT2D eigenvalue weighted by Crippen LogP contribution is -2.13. The van der Waals surface area contributed by atoms with Gasteiger partial charge in [-0.15, -0.1) is 0 Å². The predicted octanol–water partition coefficient (Wildman–Crippen LogP) is 4.91. The number of hydrogen-bond donors (Lipinski definition) is 3. The zero-order chi connectivity index (χ0) is 18.8. The first-order valence-corrected chi connectivity index (χ1v) is 10.3. The molecule has 0 aliphatic heterocycles. The third-order valence-corrected chi connectivity index (χ3v) is 5.97. The van der Waals surface area contributed by atoms with Crippen molar-refractivity contribution in [1.82, 2.24) is 0 Å². The maximum Gasteiger partial charge on any atom is 0.303 e. The van der Waals surface area contributed by atoms with Crippen molar-refractivity contribution in [3.05, 3.63) is 0 Å². The van der Waals surface area contributed by atoms with E-state index in [2.05, 4.69) is 13.8 Å². The zero-order valence-electron chi connectivity index (χ0n) is 16.4. The number of rotatable bonds is 16. The Morgan fingerprint density at radius 3 is 2.16 bits per heavy atom. The van der Waals surface area contributed by atoms with Gasteiger partial charge in [0.2, 0.25) is 0 Å². The Labute approximate surface area is 154 Å². The number of aliphatic hydroxyl groups is 2. The molecule has 1 saturated carbocycles. The van der Waals surface area contributed by atoms with Gasteiger partial charge in [0.25, 0.3) is 0 Å². The average Bonchev–Trinajstić information content (AvgIpc) is 3.32. The molecule has 0 aromatic carbocycles. The van der Waals surface area contributed by atoms with Crippen molar-refractivity contribution in [2.24, 2.45) is 10.8 Å². The van der Waals surface area contributed by atoms with Gasteiger partial charge in [0.15, 0.2) is 0 Å². The Hall–Kier alpha value is -0.610. The molecule has 0 aromatic heterocycles. The number of hydrogen-bond acceptors (Lipinski definition) is 3. The third-order valence-electron chi connectivity index (χ3n) is 5.97. The smallest absolute Gasteiger partial charge is 0.303 e. The van der Waals surface area contributed by atoms with Gasteiger partial charge in [0.05, 0.1) is 6.10 Å². The summed E-state index contributed by atoms with van der Waals surface area (Å²) in [5, 5.41) is 27.9. The minimum absolute atomic E-state index is 0.185. The first kappa shape index (κ1) is 22.4. The van der Waals surface area contributed by atoms with Crippen LogP contribution in [-0.4, -0.2) is 34.0 Å². The Morgan fingerprint density at radius 2 is 1.60 bits per heavy atom. The van der Waals surface area contributed by atoms with E-state index in [1.165, 1.54) is 12.8 Å². The van der Waals surface area contributed by atoms with Crippen LogP contribution in [0.5, 0.6) is 0 Å². The molecule has 1 fully saturated rings. The summed E-state index contributed by atoms with van der Waals surface area (Å²) in [7, 11) is 0. The van der Waals surface area contributed by atoms with Crippen molar-refractivity contribution in [2.45, 2.75) is 110 Å². The predicted molar refractivity (Wildman–Crippen MR) is 102 cm³/mol. The second-order valence-electron chi connectivity index (χ2n) is 9.03. The summed E-state index contributed by atoms with van der Waals surface area (Å²) >= 11 is 0. The highest BCUT2D eigenvalue weighted by Gasteiger charge is 2.41. The third kappa shape index (κ3) is 10.9. The van der Waals surface area contributed by atoms with Crippen LogP contribution >= 0.6 is 0 Å². The molecule has 0 saturated heterocycles. The lowest BCUT2D eigenvalue weighted by atomic mass is 9.82. The summed E-state index contributed by atoms with van der Waals surface area (Å²) in [5.74, 6) is -0.679. The molecule has 0 aromatic rings. The van der Waals surface area contributed by atoms with E-state index in [1.807, 2.05) is 0 Å². The molecule has 0 heterocycles. The Bertz CT molecular complexity index is 374. The molecule has 1 rings (SSSR count). The van der Waals surface area contributed by atoms with Gasteiger partial charge in [-0.05, 0) is 68.6 Å². The lowest BCUT2D eigenvalue weighted by molar-refractivity contribution is -0.137. The van der Waals surface area contributed by atoms with Crippen LogP contribution in [0.2, 0.25) is 0 Å². The minimum Gasteiger partial charge on any atom is -0.481 e. The topological polar surface area (TPSA) is 77.8 Å². The first-order valence-electron chi connectivity index (χ1n) is 10.3. The van der Waals surface area contributed by atoms with E-state index in [4.69, 9.17) is 10.2 Å². The van der Waals surface area contributed by atoms with Crippen LogP contribution < -0.4 is 0 Å². The van der Waals surface area contributed by atoms with Gasteiger partial charge >= 0.3 is 5.97 Å². The number of carboxylic acid groups (broad SMARTS) is 1.